The van der Waals surface area contributed by atoms with Crippen LogP contribution in [0.3, 0.4) is 0 Å². The highest BCUT2D eigenvalue weighted by molar-refractivity contribution is 5.93. The molecule has 142 valence electrons. The van der Waals surface area contributed by atoms with E-state index in [9.17, 15) is 4.79 Å². The number of amides is 1. The molecule has 8 heteroatoms. The summed E-state index contributed by atoms with van der Waals surface area (Å²) in [4.78, 5) is 14.0. The van der Waals surface area contributed by atoms with E-state index in [1.54, 1.807) is 13.1 Å². The summed E-state index contributed by atoms with van der Waals surface area (Å²) in [5.74, 6) is 0.772. The van der Waals surface area contributed by atoms with Crippen LogP contribution in [-0.4, -0.2) is 35.9 Å². The van der Waals surface area contributed by atoms with Crippen LogP contribution < -0.4 is 5.32 Å². The smallest absolute Gasteiger partial charge is 0.250 e. The molecule has 0 saturated heterocycles. The molecule has 0 spiro atoms. The molecule has 0 saturated carbocycles. The zero-order valence-electron chi connectivity index (χ0n) is 16.1. The molecule has 0 aliphatic heterocycles. The molecule has 0 aliphatic rings. The second-order valence-electron chi connectivity index (χ2n) is 6.90. The van der Waals surface area contributed by atoms with Crippen molar-refractivity contribution in [3.8, 4) is 11.4 Å². The van der Waals surface area contributed by atoms with E-state index in [2.05, 4.69) is 46.6 Å². The normalized spacial score (nSPS) is 12.3. The fraction of sp³-hybridized carbons (Fsp3) is 0.421. The SMILES string of the molecule is CCc1c(NC(=O)C(C)n2nnc(-c3ccccc3)n2)cnn1CC(C)C. The van der Waals surface area contributed by atoms with Gasteiger partial charge in [-0.3, -0.25) is 9.48 Å². The summed E-state index contributed by atoms with van der Waals surface area (Å²) in [6, 6.07) is 8.97. The largest absolute Gasteiger partial charge is 0.321 e. The van der Waals surface area contributed by atoms with E-state index >= 15 is 0 Å². The minimum Gasteiger partial charge on any atom is -0.321 e. The molecular weight excluding hydrogens is 342 g/mol. The lowest BCUT2D eigenvalue weighted by Crippen LogP contribution is -2.26. The van der Waals surface area contributed by atoms with Gasteiger partial charge in [0.15, 0.2) is 0 Å². The number of aromatic nitrogens is 6. The number of anilines is 1. The van der Waals surface area contributed by atoms with Crippen molar-refractivity contribution >= 4 is 11.6 Å². The molecule has 0 fully saturated rings. The van der Waals surface area contributed by atoms with E-state index in [-0.39, 0.29) is 5.91 Å². The number of carbonyl (C=O) groups is 1. The summed E-state index contributed by atoms with van der Waals surface area (Å²) in [5.41, 5.74) is 2.61. The third kappa shape index (κ3) is 4.21. The van der Waals surface area contributed by atoms with E-state index in [0.29, 0.717) is 11.7 Å². The number of hydrogen-bond acceptors (Lipinski definition) is 5. The number of carbonyl (C=O) groups excluding carboxylic acids is 1. The molecule has 1 N–H and O–H groups in total. The lowest BCUT2D eigenvalue weighted by atomic mass is 10.2. The quantitative estimate of drug-likeness (QED) is 0.693. The highest BCUT2D eigenvalue weighted by Gasteiger charge is 2.21. The molecule has 0 bridgehead atoms. The van der Waals surface area contributed by atoms with Gasteiger partial charge in [0.2, 0.25) is 5.82 Å². The molecule has 1 unspecified atom stereocenters. The van der Waals surface area contributed by atoms with E-state index in [1.807, 2.05) is 35.0 Å². The molecular formula is C19H25N7O. The topological polar surface area (TPSA) is 90.5 Å². The molecule has 1 aromatic carbocycles. The predicted octanol–water partition coefficient (Wildman–Crippen LogP) is 2.95. The number of rotatable bonds is 7. The van der Waals surface area contributed by atoms with Crippen molar-refractivity contribution in [2.45, 2.75) is 46.7 Å². The van der Waals surface area contributed by atoms with Gasteiger partial charge in [-0.15, -0.1) is 10.2 Å². The Bertz CT molecular complexity index is 898. The molecule has 27 heavy (non-hydrogen) atoms. The van der Waals surface area contributed by atoms with Crippen LogP contribution >= 0.6 is 0 Å². The minimum absolute atomic E-state index is 0.203. The third-order valence-electron chi connectivity index (χ3n) is 4.27. The lowest BCUT2D eigenvalue weighted by Gasteiger charge is -2.12. The first-order chi connectivity index (χ1) is 13.0. The maximum Gasteiger partial charge on any atom is 0.250 e. The maximum atomic E-state index is 12.7. The van der Waals surface area contributed by atoms with Crippen LogP contribution in [0.5, 0.6) is 0 Å². The van der Waals surface area contributed by atoms with Gasteiger partial charge in [0.25, 0.3) is 5.91 Å². The van der Waals surface area contributed by atoms with Gasteiger partial charge >= 0.3 is 0 Å². The average Bonchev–Trinajstić information content (AvgIpc) is 3.29. The van der Waals surface area contributed by atoms with Crippen molar-refractivity contribution in [3.63, 3.8) is 0 Å². The molecule has 3 rings (SSSR count). The molecule has 3 aromatic rings. The van der Waals surface area contributed by atoms with E-state index in [1.165, 1.54) is 4.80 Å². The van der Waals surface area contributed by atoms with Gasteiger partial charge in [-0.25, -0.2) is 0 Å². The Labute approximate surface area is 158 Å². The van der Waals surface area contributed by atoms with Crippen molar-refractivity contribution < 1.29 is 4.79 Å². The molecule has 8 nitrogen and oxygen atoms in total. The Morgan fingerprint density at radius 2 is 1.93 bits per heavy atom. The fourth-order valence-corrected chi connectivity index (χ4v) is 2.83. The van der Waals surface area contributed by atoms with Gasteiger partial charge in [0.05, 0.1) is 17.6 Å². The Balaban J connectivity index is 1.73. The van der Waals surface area contributed by atoms with Crippen LogP contribution in [0.25, 0.3) is 11.4 Å². The van der Waals surface area contributed by atoms with E-state index in [4.69, 9.17) is 0 Å². The minimum atomic E-state index is -0.590. The Morgan fingerprint density at radius 3 is 2.59 bits per heavy atom. The van der Waals surface area contributed by atoms with Crippen molar-refractivity contribution in [2.75, 3.05) is 5.32 Å². The maximum absolute atomic E-state index is 12.7. The Hall–Kier alpha value is -3.03. The van der Waals surface area contributed by atoms with Crippen LogP contribution in [0, 0.1) is 5.92 Å². The second kappa shape index (κ2) is 8.11. The highest BCUT2D eigenvalue weighted by atomic mass is 16.2. The zero-order chi connectivity index (χ0) is 19.4. The van der Waals surface area contributed by atoms with Crippen LogP contribution in [0.4, 0.5) is 5.69 Å². The lowest BCUT2D eigenvalue weighted by molar-refractivity contribution is -0.119. The van der Waals surface area contributed by atoms with E-state index < -0.39 is 6.04 Å². The summed E-state index contributed by atoms with van der Waals surface area (Å²) >= 11 is 0. The van der Waals surface area contributed by atoms with Crippen LogP contribution in [0.15, 0.2) is 36.5 Å². The van der Waals surface area contributed by atoms with Gasteiger partial charge < -0.3 is 5.32 Å². The molecule has 0 radical (unpaired) electrons. The number of benzene rings is 1. The molecule has 1 amide bonds. The highest BCUT2D eigenvalue weighted by Crippen LogP contribution is 2.19. The summed E-state index contributed by atoms with van der Waals surface area (Å²) in [7, 11) is 0. The number of tetrazole rings is 1. The number of hydrogen-bond donors (Lipinski definition) is 1. The standard InChI is InChI=1S/C19H25N7O/c1-5-17-16(11-20-25(17)12-13(2)3)21-19(27)14(4)26-23-18(22-24-26)15-9-7-6-8-10-15/h6-11,13-14H,5,12H2,1-4H3,(H,21,27). The monoisotopic (exact) mass is 367 g/mol. The Morgan fingerprint density at radius 1 is 1.19 bits per heavy atom. The molecule has 1 atom stereocenters. The molecule has 0 aliphatic carbocycles. The molecule has 2 heterocycles. The van der Waals surface area contributed by atoms with Gasteiger partial charge in [0.1, 0.15) is 6.04 Å². The third-order valence-corrected chi connectivity index (χ3v) is 4.27. The fourth-order valence-electron chi connectivity index (χ4n) is 2.83. The van der Waals surface area contributed by atoms with Crippen molar-refractivity contribution in [2.24, 2.45) is 5.92 Å². The van der Waals surface area contributed by atoms with Crippen LogP contribution in [0.1, 0.15) is 39.4 Å². The van der Waals surface area contributed by atoms with Crippen molar-refractivity contribution in [1.82, 2.24) is 30.0 Å². The van der Waals surface area contributed by atoms with Gasteiger partial charge in [0, 0.05) is 12.1 Å². The van der Waals surface area contributed by atoms with Gasteiger partial charge in [-0.2, -0.15) is 9.90 Å². The first-order valence-electron chi connectivity index (χ1n) is 9.20. The Kier molecular flexibility index (Phi) is 5.63. The first kappa shape index (κ1) is 18.8. The van der Waals surface area contributed by atoms with Crippen LogP contribution in [0.2, 0.25) is 0 Å². The van der Waals surface area contributed by atoms with E-state index in [0.717, 1.165) is 29.9 Å². The van der Waals surface area contributed by atoms with Gasteiger partial charge in [-0.05, 0) is 24.5 Å². The summed E-state index contributed by atoms with van der Waals surface area (Å²) in [6.07, 6.45) is 2.49. The number of nitrogens with one attached hydrogen (secondary N) is 1. The van der Waals surface area contributed by atoms with Gasteiger partial charge in [-0.1, -0.05) is 51.1 Å². The average molecular weight is 367 g/mol. The van der Waals surface area contributed by atoms with Crippen LogP contribution in [-0.2, 0) is 17.8 Å². The predicted molar refractivity (Wildman–Crippen MR) is 103 cm³/mol. The zero-order valence-corrected chi connectivity index (χ0v) is 16.1. The summed E-state index contributed by atoms with van der Waals surface area (Å²) < 4.78 is 1.95. The number of nitrogens with zero attached hydrogens (tertiary/aromatic N) is 6. The second-order valence-corrected chi connectivity index (χ2v) is 6.90. The first-order valence-corrected chi connectivity index (χ1v) is 9.20. The summed E-state index contributed by atoms with van der Waals surface area (Å²) in [6.45, 7) is 8.90. The van der Waals surface area contributed by atoms with Crippen molar-refractivity contribution in [1.29, 1.82) is 0 Å². The summed E-state index contributed by atoms with van der Waals surface area (Å²) in [5, 5.41) is 19.8. The molecule has 2 aromatic heterocycles. The van der Waals surface area contributed by atoms with Crippen molar-refractivity contribution in [3.05, 3.63) is 42.2 Å².